The Kier molecular flexibility index (Phi) is 6.44. The molecule has 0 saturated carbocycles. The lowest BCUT2D eigenvalue weighted by atomic mass is 10.0. The summed E-state index contributed by atoms with van der Waals surface area (Å²) in [6, 6.07) is 2.36. The highest BCUT2D eigenvalue weighted by Gasteiger charge is 2.21. The highest BCUT2D eigenvalue weighted by molar-refractivity contribution is 4.90. The molecule has 2 unspecified atom stereocenters. The quantitative estimate of drug-likeness (QED) is 0.717. The first-order valence-electron chi connectivity index (χ1n) is 6.65. The molecule has 1 rings (SSSR count). The van der Waals surface area contributed by atoms with E-state index in [1.54, 1.807) is 0 Å². The third-order valence-corrected chi connectivity index (χ3v) is 3.41. The van der Waals surface area contributed by atoms with Crippen LogP contribution in [-0.4, -0.2) is 37.1 Å². The number of likely N-dealkylation sites (tertiary alicyclic amines) is 1. The normalized spacial score (nSPS) is 23.2. The van der Waals surface area contributed by atoms with E-state index in [1.165, 1.54) is 32.4 Å². The number of hydrogen-bond donors (Lipinski definition) is 1. The van der Waals surface area contributed by atoms with Crippen molar-refractivity contribution in [3.8, 4) is 6.07 Å². The number of nitriles is 1. The van der Waals surface area contributed by atoms with Crippen molar-refractivity contribution in [3.63, 3.8) is 0 Å². The zero-order valence-corrected chi connectivity index (χ0v) is 10.7. The van der Waals surface area contributed by atoms with Crippen LogP contribution in [0, 0.1) is 17.2 Å². The Bertz CT molecular complexity index is 222. The smallest absolute Gasteiger partial charge is 0.0965 e. The van der Waals surface area contributed by atoms with Crippen molar-refractivity contribution in [2.45, 2.75) is 45.6 Å². The zero-order valence-electron chi connectivity index (χ0n) is 10.7. The van der Waals surface area contributed by atoms with Gasteiger partial charge in [-0.2, -0.15) is 5.26 Å². The lowest BCUT2D eigenvalue weighted by Crippen LogP contribution is -2.32. The molecular weight excluding hydrogens is 198 g/mol. The largest absolute Gasteiger partial charge is 0.303 e. The molecule has 1 aliphatic heterocycles. The van der Waals surface area contributed by atoms with E-state index in [0.29, 0.717) is 0 Å². The van der Waals surface area contributed by atoms with Crippen molar-refractivity contribution in [1.29, 1.82) is 5.26 Å². The van der Waals surface area contributed by atoms with Gasteiger partial charge in [-0.05, 0) is 38.3 Å². The molecule has 0 spiro atoms. The molecule has 3 heteroatoms. The van der Waals surface area contributed by atoms with Crippen molar-refractivity contribution in [2.75, 3.05) is 26.2 Å². The van der Waals surface area contributed by atoms with Gasteiger partial charge in [-0.25, -0.2) is 0 Å². The second-order valence-electron chi connectivity index (χ2n) is 4.77. The Hall–Kier alpha value is -0.590. The number of hydrogen-bond acceptors (Lipinski definition) is 3. The van der Waals surface area contributed by atoms with Gasteiger partial charge in [0.1, 0.15) is 0 Å². The summed E-state index contributed by atoms with van der Waals surface area (Å²) in [5, 5.41) is 12.1. The second-order valence-corrected chi connectivity index (χ2v) is 4.77. The minimum Gasteiger partial charge on any atom is -0.303 e. The highest BCUT2D eigenvalue weighted by atomic mass is 15.1. The van der Waals surface area contributed by atoms with E-state index >= 15 is 0 Å². The molecular formula is C13H25N3. The lowest BCUT2D eigenvalue weighted by Gasteiger charge is -2.18. The third kappa shape index (κ3) is 4.51. The summed E-state index contributed by atoms with van der Waals surface area (Å²) in [7, 11) is 0. The molecule has 0 bridgehead atoms. The first kappa shape index (κ1) is 13.5. The van der Waals surface area contributed by atoms with Crippen LogP contribution in [0.25, 0.3) is 0 Å². The Balaban J connectivity index is 2.16. The van der Waals surface area contributed by atoms with Gasteiger partial charge in [-0.1, -0.05) is 20.3 Å². The highest BCUT2D eigenvalue weighted by Crippen LogP contribution is 2.20. The van der Waals surface area contributed by atoms with Crippen LogP contribution >= 0.6 is 0 Å². The molecule has 0 aromatic heterocycles. The van der Waals surface area contributed by atoms with Gasteiger partial charge in [0, 0.05) is 13.1 Å². The van der Waals surface area contributed by atoms with E-state index in [-0.39, 0.29) is 6.04 Å². The van der Waals surface area contributed by atoms with Crippen molar-refractivity contribution in [2.24, 2.45) is 5.92 Å². The average Bonchev–Trinajstić information content (AvgIpc) is 2.72. The molecule has 0 radical (unpaired) electrons. The van der Waals surface area contributed by atoms with Crippen LogP contribution < -0.4 is 5.32 Å². The van der Waals surface area contributed by atoms with Gasteiger partial charge in [0.2, 0.25) is 0 Å². The fraction of sp³-hybridized carbons (Fsp3) is 0.923. The van der Waals surface area contributed by atoms with Crippen LogP contribution in [0.2, 0.25) is 0 Å². The van der Waals surface area contributed by atoms with Gasteiger partial charge < -0.3 is 10.2 Å². The molecule has 3 nitrogen and oxygen atoms in total. The van der Waals surface area contributed by atoms with Crippen LogP contribution in [0.4, 0.5) is 0 Å². The molecule has 2 atom stereocenters. The van der Waals surface area contributed by atoms with Crippen molar-refractivity contribution >= 4 is 0 Å². The molecule has 16 heavy (non-hydrogen) atoms. The van der Waals surface area contributed by atoms with Crippen molar-refractivity contribution in [3.05, 3.63) is 0 Å². The molecule has 92 valence electrons. The first-order valence-corrected chi connectivity index (χ1v) is 6.65. The van der Waals surface area contributed by atoms with E-state index in [1.807, 2.05) is 0 Å². The van der Waals surface area contributed by atoms with Crippen LogP contribution in [0.5, 0.6) is 0 Å². The molecule has 0 aromatic carbocycles. The summed E-state index contributed by atoms with van der Waals surface area (Å²) < 4.78 is 0. The van der Waals surface area contributed by atoms with Crippen molar-refractivity contribution in [1.82, 2.24) is 10.2 Å². The Morgan fingerprint density at radius 1 is 1.50 bits per heavy atom. The lowest BCUT2D eigenvalue weighted by molar-refractivity contribution is 0.306. The van der Waals surface area contributed by atoms with Crippen LogP contribution in [0.1, 0.15) is 39.5 Å². The number of nitrogens with zero attached hydrogens (tertiary/aromatic N) is 2. The fourth-order valence-electron chi connectivity index (χ4n) is 2.53. The van der Waals surface area contributed by atoms with E-state index in [4.69, 9.17) is 5.26 Å². The maximum Gasteiger partial charge on any atom is 0.0965 e. The molecule has 0 aromatic rings. The Morgan fingerprint density at radius 2 is 2.31 bits per heavy atom. The Morgan fingerprint density at radius 3 is 2.94 bits per heavy atom. The third-order valence-electron chi connectivity index (χ3n) is 3.41. The van der Waals surface area contributed by atoms with Gasteiger partial charge in [-0.3, -0.25) is 0 Å². The minimum absolute atomic E-state index is 0.0372. The molecule has 1 N–H and O–H groups in total. The van der Waals surface area contributed by atoms with Gasteiger partial charge in [0.25, 0.3) is 0 Å². The molecule has 0 amide bonds. The molecule has 0 aliphatic carbocycles. The Labute approximate surface area is 99.8 Å². The van der Waals surface area contributed by atoms with Gasteiger partial charge in [0.15, 0.2) is 0 Å². The summed E-state index contributed by atoms with van der Waals surface area (Å²) in [4.78, 5) is 2.52. The summed E-state index contributed by atoms with van der Waals surface area (Å²) in [5.74, 6) is 0.907. The summed E-state index contributed by atoms with van der Waals surface area (Å²) in [6.45, 7) is 8.76. The first-order chi connectivity index (χ1) is 7.80. The van der Waals surface area contributed by atoms with E-state index in [0.717, 1.165) is 25.4 Å². The number of rotatable bonds is 7. The second kappa shape index (κ2) is 7.65. The van der Waals surface area contributed by atoms with Crippen LogP contribution in [0.15, 0.2) is 0 Å². The SMILES string of the molecule is CCCC1CCN(CCC(C#N)NCC)C1. The van der Waals surface area contributed by atoms with E-state index in [9.17, 15) is 0 Å². The van der Waals surface area contributed by atoms with Gasteiger partial charge in [-0.15, -0.1) is 0 Å². The summed E-state index contributed by atoms with van der Waals surface area (Å²) in [6.07, 6.45) is 4.98. The topological polar surface area (TPSA) is 39.1 Å². The maximum atomic E-state index is 8.94. The van der Waals surface area contributed by atoms with E-state index in [2.05, 4.69) is 30.1 Å². The summed E-state index contributed by atoms with van der Waals surface area (Å²) >= 11 is 0. The van der Waals surface area contributed by atoms with Gasteiger partial charge >= 0.3 is 0 Å². The monoisotopic (exact) mass is 223 g/mol. The predicted octanol–water partition coefficient (Wildman–Crippen LogP) is 2.00. The molecule has 1 saturated heterocycles. The van der Waals surface area contributed by atoms with E-state index < -0.39 is 0 Å². The molecule has 1 aliphatic rings. The maximum absolute atomic E-state index is 8.94. The summed E-state index contributed by atoms with van der Waals surface area (Å²) in [5.41, 5.74) is 0. The number of nitrogens with one attached hydrogen (secondary N) is 1. The fourth-order valence-corrected chi connectivity index (χ4v) is 2.53. The van der Waals surface area contributed by atoms with Crippen LogP contribution in [-0.2, 0) is 0 Å². The average molecular weight is 223 g/mol. The predicted molar refractivity (Wildman–Crippen MR) is 67.1 cm³/mol. The molecule has 1 fully saturated rings. The molecule has 1 heterocycles. The standard InChI is InChI=1S/C13H25N3/c1-3-5-12-6-8-16(11-12)9-7-13(10-14)15-4-2/h12-13,15H,3-9,11H2,1-2H3. The van der Waals surface area contributed by atoms with Gasteiger partial charge in [0.05, 0.1) is 12.1 Å². The van der Waals surface area contributed by atoms with Crippen molar-refractivity contribution < 1.29 is 0 Å². The minimum atomic E-state index is 0.0372. The van der Waals surface area contributed by atoms with Crippen LogP contribution in [0.3, 0.4) is 0 Å². The zero-order chi connectivity index (χ0) is 11.8.